The molecule has 0 bridgehead atoms. The second-order valence-corrected chi connectivity index (χ2v) is 3.41. The van der Waals surface area contributed by atoms with Gasteiger partial charge in [-0.2, -0.15) is 0 Å². The first-order valence-electron chi connectivity index (χ1n) is 3.96. The molecular weight excluding hydrogens is 209 g/mol. The van der Waals surface area contributed by atoms with Crippen LogP contribution in [0.3, 0.4) is 0 Å². The Hall–Kier alpha value is -0.440. The number of hydrogen-bond donors (Lipinski definition) is 2. The van der Waals surface area contributed by atoms with Crippen LogP contribution in [0.1, 0.15) is 5.56 Å². The third kappa shape index (κ3) is 2.08. The number of hydrogen-bond acceptors (Lipinski definition) is 2. The van der Waals surface area contributed by atoms with Crippen molar-refractivity contribution in [3.63, 3.8) is 0 Å². The first kappa shape index (κ1) is 10.6. The fourth-order valence-electron chi connectivity index (χ4n) is 1.47. The van der Waals surface area contributed by atoms with Crippen molar-refractivity contribution < 1.29 is 5.11 Å². The smallest absolute Gasteiger partial charge is 0.0754 e. The van der Waals surface area contributed by atoms with Crippen LogP contribution < -0.4 is 5.32 Å². The molecule has 0 saturated heterocycles. The molecule has 2 N–H and O–H groups in total. The largest absolute Gasteiger partial charge is 0.391 e. The topological polar surface area (TPSA) is 32.3 Å². The predicted octanol–water partition coefficient (Wildman–Crippen LogP) is 2.09. The van der Waals surface area contributed by atoms with Crippen LogP contribution in [-0.2, 0) is 6.42 Å². The minimum atomic E-state index is -0.308. The summed E-state index contributed by atoms with van der Waals surface area (Å²) in [7, 11) is 0. The molecule has 0 amide bonds. The molecule has 4 heteroatoms. The average Bonchev–Trinajstić information content (AvgIpc) is 2.07. The number of nitrogens with one attached hydrogen (secondary N) is 1. The molecule has 0 aromatic heterocycles. The molecule has 1 atom stereocenters. The Balaban J connectivity index is 0.000000845. The van der Waals surface area contributed by atoms with Gasteiger partial charge in [0.05, 0.1) is 6.10 Å². The summed E-state index contributed by atoms with van der Waals surface area (Å²) in [4.78, 5) is 0. The maximum absolute atomic E-state index is 9.36. The first-order chi connectivity index (χ1) is 5.77. The molecular formula is C9H11Cl2NO. The van der Waals surface area contributed by atoms with Crippen molar-refractivity contribution in [2.45, 2.75) is 12.5 Å². The van der Waals surface area contributed by atoms with Gasteiger partial charge < -0.3 is 10.4 Å². The van der Waals surface area contributed by atoms with E-state index in [4.69, 9.17) is 11.6 Å². The Morgan fingerprint density at radius 3 is 3.00 bits per heavy atom. The van der Waals surface area contributed by atoms with Crippen molar-refractivity contribution in [2.75, 3.05) is 11.9 Å². The zero-order chi connectivity index (χ0) is 8.55. The van der Waals surface area contributed by atoms with Gasteiger partial charge in [-0.3, -0.25) is 0 Å². The van der Waals surface area contributed by atoms with Crippen LogP contribution >= 0.6 is 24.0 Å². The molecule has 1 aromatic rings. The van der Waals surface area contributed by atoms with Crippen molar-refractivity contribution in [1.29, 1.82) is 0 Å². The molecule has 0 radical (unpaired) electrons. The van der Waals surface area contributed by atoms with Gasteiger partial charge in [-0.25, -0.2) is 0 Å². The molecule has 2 rings (SSSR count). The van der Waals surface area contributed by atoms with Gasteiger partial charge in [0, 0.05) is 23.7 Å². The van der Waals surface area contributed by atoms with E-state index in [-0.39, 0.29) is 18.5 Å². The Labute approximate surface area is 88.3 Å². The number of anilines is 1. The number of benzene rings is 1. The fraction of sp³-hybridized carbons (Fsp3) is 0.333. The highest BCUT2D eigenvalue weighted by Crippen LogP contribution is 2.28. The van der Waals surface area contributed by atoms with E-state index in [0.29, 0.717) is 13.0 Å². The van der Waals surface area contributed by atoms with Crippen molar-refractivity contribution >= 4 is 29.7 Å². The van der Waals surface area contributed by atoms with E-state index in [1.165, 1.54) is 0 Å². The highest BCUT2D eigenvalue weighted by Gasteiger charge is 2.17. The van der Waals surface area contributed by atoms with Crippen LogP contribution in [-0.4, -0.2) is 17.8 Å². The molecule has 0 saturated carbocycles. The van der Waals surface area contributed by atoms with E-state index in [2.05, 4.69) is 5.32 Å². The Morgan fingerprint density at radius 1 is 1.46 bits per heavy atom. The van der Waals surface area contributed by atoms with Gasteiger partial charge in [0.2, 0.25) is 0 Å². The van der Waals surface area contributed by atoms with Crippen molar-refractivity contribution in [3.8, 4) is 0 Å². The van der Waals surface area contributed by atoms with Gasteiger partial charge in [-0.1, -0.05) is 17.7 Å². The zero-order valence-electron chi connectivity index (χ0n) is 6.96. The second kappa shape index (κ2) is 4.18. The molecule has 2 nitrogen and oxygen atoms in total. The van der Waals surface area contributed by atoms with Crippen LogP contribution in [0.5, 0.6) is 0 Å². The standard InChI is InChI=1S/C9H10ClNO.ClH/c10-8-2-1-3-9-7(8)4-6(12)5-11-9;/h1-3,6,11-12H,4-5H2;1H. The molecule has 0 spiro atoms. The third-order valence-electron chi connectivity index (χ3n) is 2.09. The second-order valence-electron chi connectivity index (χ2n) is 3.00. The summed E-state index contributed by atoms with van der Waals surface area (Å²) in [6, 6.07) is 5.74. The molecule has 0 aliphatic carbocycles. The van der Waals surface area contributed by atoms with Crippen LogP contribution in [0, 0.1) is 0 Å². The SMILES string of the molecule is Cl.OC1CNc2cccc(Cl)c2C1. The predicted molar refractivity (Wildman–Crippen MR) is 56.9 cm³/mol. The summed E-state index contributed by atoms with van der Waals surface area (Å²) < 4.78 is 0. The number of aliphatic hydroxyl groups is 1. The number of fused-ring (bicyclic) bond motifs is 1. The maximum Gasteiger partial charge on any atom is 0.0754 e. The van der Waals surface area contributed by atoms with Crippen molar-refractivity contribution in [1.82, 2.24) is 0 Å². The monoisotopic (exact) mass is 219 g/mol. The van der Waals surface area contributed by atoms with E-state index in [1.54, 1.807) is 0 Å². The molecule has 1 heterocycles. The quantitative estimate of drug-likeness (QED) is 0.701. The molecule has 1 aliphatic rings. The molecule has 0 fully saturated rings. The summed E-state index contributed by atoms with van der Waals surface area (Å²) in [6.45, 7) is 0.618. The molecule has 1 unspecified atom stereocenters. The lowest BCUT2D eigenvalue weighted by Gasteiger charge is -2.23. The van der Waals surface area contributed by atoms with Crippen LogP contribution in [0.2, 0.25) is 5.02 Å². The van der Waals surface area contributed by atoms with Crippen LogP contribution in [0.4, 0.5) is 5.69 Å². The maximum atomic E-state index is 9.36. The summed E-state index contributed by atoms with van der Waals surface area (Å²) in [6.07, 6.45) is 0.347. The molecule has 72 valence electrons. The number of rotatable bonds is 0. The van der Waals surface area contributed by atoms with Crippen molar-refractivity contribution in [3.05, 3.63) is 28.8 Å². The zero-order valence-corrected chi connectivity index (χ0v) is 8.53. The van der Waals surface area contributed by atoms with E-state index in [9.17, 15) is 5.11 Å². The summed E-state index contributed by atoms with van der Waals surface area (Å²) in [5, 5.41) is 13.2. The minimum Gasteiger partial charge on any atom is -0.391 e. The normalized spacial score (nSPS) is 19.7. The Bertz CT molecular complexity index is 304. The summed E-state index contributed by atoms with van der Waals surface area (Å²) in [5.74, 6) is 0. The Morgan fingerprint density at radius 2 is 2.23 bits per heavy atom. The Kier molecular flexibility index (Phi) is 3.42. The average molecular weight is 220 g/mol. The van der Waals surface area contributed by atoms with E-state index >= 15 is 0 Å². The third-order valence-corrected chi connectivity index (χ3v) is 2.44. The molecule has 1 aromatic carbocycles. The highest BCUT2D eigenvalue weighted by atomic mass is 35.5. The van der Waals surface area contributed by atoms with Gasteiger partial charge >= 0.3 is 0 Å². The first-order valence-corrected chi connectivity index (χ1v) is 4.34. The lowest BCUT2D eigenvalue weighted by atomic mass is 10.0. The van der Waals surface area contributed by atoms with Gasteiger partial charge in [0.15, 0.2) is 0 Å². The van der Waals surface area contributed by atoms with Crippen LogP contribution in [0.25, 0.3) is 0 Å². The van der Waals surface area contributed by atoms with Gasteiger partial charge in [-0.15, -0.1) is 12.4 Å². The van der Waals surface area contributed by atoms with Gasteiger partial charge in [0.25, 0.3) is 0 Å². The lowest BCUT2D eigenvalue weighted by Crippen LogP contribution is -2.27. The van der Waals surface area contributed by atoms with E-state index < -0.39 is 0 Å². The van der Waals surface area contributed by atoms with E-state index in [0.717, 1.165) is 16.3 Å². The number of halogens is 2. The lowest BCUT2D eigenvalue weighted by molar-refractivity contribution is 0.184. The minimum absolute atomic E-state index is 0. The van der Waals surface area contributed by atoms with Crippen molar-refractivity contribution in [2.24, 2.45) is 0 Å². The number of aliphatic hydroxyl groups excluding tert-OH is 1. The summed E-state index contributed by atoms with van der Waals surface area (Å²) >= 11 is 5.96. The summed E-state index contributed by atoms with van der Waals surface area (Å²) in [5.41, 5.74) is 2.07. The van der Waals surface area contributed by atoms with E-state index in [1.807, 2.05) is 18.2 Å². The fourth-order valence-corrected chi connectivity index (χ4v) is 1.72. The van der Waals surface area contributed by atoms with Crippen LogP contribution in [0.15, 0.2) is 18.2 Å². The number of β-amino-alcohol motifs (C(OH)–C–C–N with tert-alkyl or cyclic N) is 1. The molecule has 1 aliphatic heterocycles. The van der Waals surface area contributed by atoms with Gasteiger partial charge in [-0.05, 0) is 17.7 Å². The van der Waals surface area contributed by atoms with Gasteiger partial charge in [0.1, 0.15) is 0 Å². The highest BCUT2D eigenvalue weighted by molar-refractivity contribution is 6.31. The molecule has 13 heavy (non-hydrogen) atoms.